The highest BCUT2D eigenvalue weighted by Gasteiger charge is 2.35. The lowest BCUT2D eigenvalue weighted by Gasteiger charge is -2.34. The first-order valence-electron chi connectivity index (χ1n) is 13.5. The van der Waals surface area contributed by atoms with E-state index in [9.17, 15) is 4.79 Å². The van der Waals surface area contributed by atoms with E-state index >= 15 is 0 Å². The Morgan fingerprint density at radius 2 is 1.45 bits per heavy atom. The third kappa shape index (κ3) is 5.43. The molecule has 1 amide bonds. The molecule has 5 heteroatoms. The number of nitrogens with zero attached hydrogens (tertiary/aromatic N) is 4. The fourth-order valence-electron chi connectivity index (χ4n) is 5.54. The number of anilines is 1. The molecular formula is C33H32N4O. The van der Waals surface area contributed by atoms with Crippen LogP contribution in [0.1, 0.15) is 35.1 Å². The molecule has 1 fully saturated rings. The Morgan fingerprint density at radius 3 is 2.21 bits per heavy atom. The lowest BCUT2D eigenvalue weighted by molar-refractivity contribution is -0.112. The van der Waals surface area contributed by atoms with Gasteiger partial charge < -0.3 is 0 Å². The zero-order valence-corrected chi connectivity index (χ0v) is 21.5. The molecule has 3 aromatic carbocycles. The van der Waals surface area contributed by atoms with Crippen LogP contribution in [0.2, 0.25) is 0 Å². The van der Waals surface area contributed by atoms with Crippen molar-refractivity contribution in [2.75, 3.05) is 24.7 Å². The second kappa shape index (κ2) is 11.1. The van der Waals surface area contributed by atoms with Crippen molar-refractivity contribution in [2.45, 2.75) is 25.7 Å². The molecule has 0 unspecified atom stereocenters. The van der Waals surface area contributed by atoms with Crippen LogP contribution in [0.15, 0.2) is 108 Å². The molecule has 190 valence electrons. The minimum Gasteiger partial charge on any atom is -0.293 e. The molecule has 0 saturated carbocycles. The van der Waals surface area contributed by atoms with Crippen LogP contribution in [0.5, 0.6) is 0 Å². The summed E-state index contributed by atoms with van der Waals surface area (Å²) in [7, 11) is 0. The average Bonchev–Trinajstić information content (AvgIpc) is 3.22. The van der Waals surface area contributed by atoms with E-state index in [-0.39, 0.29) is 5.91 Å². The van der Waals surface area contributed by atoms with Crippen molar-refractivity contribution in [3.8, 4) is 0 Å². The maximum atomic E-state index is 13.6. The monoisotopic (exact) mass is 500 g/mol. The summed E-state index contributed by atoms with van der Waals surface area (Å²) in [6.45, 7) is 2.63. The van der Waals surface area contributed by atoms with Gasteiger partial charge in [-0.15, -0.1) is 0 Å². The summed E-state index contributed by atoms with van der Waals surface area (Å²) in [6.07, 6.45) is 7.93. The Bertz CT molecular complexity index is 1410. The maximum absolute atomic E-state index is 13.6. The first kappa shape index (κ1) is 24.3. The predicted molar refractivity (Wildman–Crippen MR) is 153 cm³/mol. The molecule has 2 aliphatic heterocycles. The quantitative estimate of drug-likeness (QED) is 0.310. The molecule has 5 nitrogen and oxygen atoms in total. The van der Waals surface area contributed by atoms with Gasteiger partial charge in [0.05, 0.1) is 18.0 Å². The zero-order chi connectivity index (χ0) is 25.7. The Morgan fingerprint density at radius 1 is 0.763 bits per heavy atom. The number of para-hydroxylation sites is 1. The second-order valence-corrected chi connectivity index (χ2v) is 10.3. The van der Waals surface area contributed by atoms with Crippen molar-refractivity contribution in [1.29, 1.82) is 0 Å². The second-order valence-electron chi connectivity index (χ2n) is 10.3. The van der Waals surface area contributed by atoms with Crippen LogP contribution in [-0.4, -0.2) is 41.3 Å². The summed E-state index contributed by atoms with van der Waals surface area (Å²) >= 11 is 0. The number of fused-ring (bicyclic) bond motifs is 1. The summed E-state index contributed by atoms with van der Waals surface area (Å²) in [4.78, 5) is 26.8. The molecule has 0 spiro atoms. The van der Waals surface area contributed by atoms with E-state index < -0.39 is 0 Å². The summed E-state index contributed by atoms with van der Waals surface area (Å²) in [6, 6.07) is 31.0. The highest BCUT2D eigenvalue weighted by Crippen LogP contribution is 2.32. The number of hydrogen-bond donors (Lipinski definition) is 0. The topological polar surface area (TPSA) is 48.8 Å². The molecule has 1 aromatic heterocycles. The summed E-state index contributed by atoms with van der Waals surface area (Å²) in [5.74, 6) is 0.687. The first-order chi connectivity index (χ1) is 18.7. The number of piperidine rings is 1. The SMILES string of the molecule is O=C1C(=Nc2ccc(Cc3ccncc3)cc2)c2ccccc2N1CN1CCC(Cc2ccccc2)CC1. The van der Waals surface area contributed by atoms with Crippen molar-refractivity contribution in [1.82, 2.24) is 9.88 Å². The van der Waals surface area contributed by atoms with Crippen LogP contribution < -0.4 is 4.90 Å². The summed E-state index contributed by atoms with van der Waals surface area (Å²) < 4.78 is 0. The van der Waals surface area contributed by atoms with Crippen LogP contribution in [0.4, 0.5) is 11.4 Å². The molecule has 0 atom stereocenters. The Hall–Kier alpha value is -4.09. The summed E-state index contributed by atoms with van der Waals surface area (Å²) in [5.41, 5.74) is 7.04. The molecule has 0 N–H and O–H groups in total. The van der Waals surface area contributed by atoms with E-state index in [4.69, 9.17) is 4.99 Å². The number of rotatable bonds is 7. The molecule has 4 aromatic rings. The van der Waals surface area contributed by atoms with Gasteiger partial charge in [0, 0.05) is 31.0 Å². The van der Waals surface area contributed by atoms with E-state index in [1.807, 2.05) is 65.8 Å². The molecular weight excluding hydrogens is 468 g/mol. The molecule has 2 aliphatic rings. The normalized spacial score (nSPS) is 17.2. The largest absolute Gasteiger partial charge is 0.293 e. The van der Waals surface area contributed by atoms with Gasteiger partial charge in [0.15, 0.2) is 0 Å². The molecule has 3 heterocycles. The van der Waals surface area contributed by atoms with Crippen molar-refractivity contribution in [2.24, 2.45) is 10.9 Å². The van der Waals surface area contributed by atoms with Gasteiger partial charge in [-0.05, 0) is 78.6 Å². The maximum Gasteiger partial charge on any atom is 0.278 e. The molecule has 0 bridgehead atoms. The van der Waals surface area contributed by atoms with Gasteiger partial charge in [-0.2, -0.15) is 0 Å². The Labute approximate surface area is 224 Å². The number of benzene rings is 3. The molecule has 38 heavy (non-hydrogen) atoms. The standard InChI is InChI=1S/C33H32N4O/c38-33-32(35-29-12-10-26(11-13-29)23-27-14-18-34-19-15-27)30-8-4-5-9-31(30)37(33)24-36-20-16-28(17-21-36)22-25-6-2-1-3-7-25/h1-15,18-19,28H,16-17,20-24H2. The highest BCUT2D eigenvalue weighted by atomic mass is 16.2. The van der Waals surface area contributed by atoms with Crippen LogP contribution >= 0.6 is 0 Å². The fourth-order valence-corrected chi connectivity index (χ4v) is 5.54. The van der Waals surface area contributed by atoms with Crippen molar-refractivity contribution < 1.29 is 4.79 Å². The smallest absolute Gasteiger partial charge is 0.278 e. The Kier molecular flexibility index (Phi) is 7.10. The number of likely N-dealkylation sites (tertiary alicyclic amines) is 1. The van der Waals surface area contributed by atoms with E-state index in [2.05, 4.69) is 52.3 Å². The van der Waals surface area contributed by atoms with E-state index in [0.717, 1.165) is 55.7 Å². The number of aliphatic imine (C=N–C) groups is 1. The third-order valence-corrected chi connectivity index (χ3v) is 7.65. The van der Waals surface area contributed by atoms with Gasteiger partial charge in [-0.25, -0.2) is 4.99 Å². The van der Waals surface area contributed by atoms with Crippen molar-refractivity contribution >= 4 is 23.0 Å². The van der Waals surface area contributed by atoms with E-state index in [1.54, 1.807) is 0 Å². The van der Waals surface area contributed by atoms with Crippen LogP contribution in [0, 0.1) is 5.92 Å². The number of carbonyl (C=O) groups excluding carboxylic acids is 1. The van der Waals surface area contributed by atoms with Gasteiger partial charge in [0.25, 0.3) is 5.91 Å². The summed E-state index contributed by atoms with van der Waals surface area (Å²) in [5, 5.41) is 0. The number of pyridine rings is 1. The average molecular weight is 501 g/mol. The number of carbonyl (C=O) groups is 1. The fraction of sp³-hybridized carbons (Fsp3) is 0.242. The number of hydrogen-bond acceptors (Lipinski definition) is 4. The predicted octanol–water partition coefficient (Wildman–Crippen LogP) is 6.05. The Balaban J connectivity index is 1.13. The third-order valence-electron chi connectivity index (χ3n) is 7.65. The number of amides is 1. The minimum atomic E-state index is -0.0153. The van der Waals surface area contributed by atoms with Gasteiger partial charge in [0.2, 0.25) is 0 Å². The molecule has 1 saturated heterocycles. The van der Waals surface area contributed by atoms with Gasteiger partial charge in [0.1, 0.15) is 5.71 Å². The lowest BCUT2D eigenvalue weighted by Crippen LogP contribution is -2.44. The first-order valence-corrected chi connectivity index (χ1v) is 13.5. The molecule has 0 radical (unpaired) electrons. The number of aromatic nitrogens is 1. The van der Waals surface area contributed by atoms with Gasteiger partial charge >= 0.3 is 0 Å². The zero-order valence-electron chi connectivity index (χ0n) is 21.5. The van der Waals surface area contributed by atoms with Gasteiger partial charge in [-0.3, -0.25) is 19.6 Å². The highest BCUT2D eigenvalue weighted by molar-refractivity contribution is 6.54. The van der Waals surface area contributed by atoms with Crippen molar-refractivity contribution in [3.05, 3.63) is 126 Å². The van der Waals surface area contributed by atoms with Crippen LogP contribution in [0.3, 0.4) is 0 Å². The van der Waals surface area contributed by atoms with E-state index in [1.165, 1.54) is 16.7 Å². The molecule has 0 aliphatic carbocycles. The van der Waals surface area contributed by atoms with Gasteiger partial charge in [-0.1, -0.05) is 60.7 Å². The van der Waals surface area contributed by atoms with Crippen LogP contribution in [-0.2, 0) is 17.6 Å². The van der Waals surface area contributed by atoms with Crippen molar-refractivity contribution in [3.63, 3.8) is 0 Å². The van der Waals surface area contributed by atoms with E-state index in [0.29, 0.717) is 18.3 Å². The minimum absolute atomic E-state index is 0.0153. The molecule has 6 rings (SSSR count). The van der Waals surface area contributed by atoms with Crippen LogP contribution in [0.25, 0.3) is 0 Å². The lowest BCUT2D eigenvalue weighted by atomic mass is 9.90.